The maximum absolute atomic E-state index is 14.1. The molecule has 3 nitrogen and oxygen atoms in total. The highest BCUT2D eigenvalue weighted by Crippen LogP contribution is 2.20. The molecule has 0 aliphatic rings. The minimum absolute atomic E-state index is 0.126. The third kappa shape index (κ3) is 5.17. The number of nitrogens with zero attached hydrogens (tertiary/aromatic N) is 2. The lowest BCUT2D eigenvalue weighted by Gasteiger charge is -2.24. The van der Waals surface area contributed by atoms with Crippen LogP contribution >= 0.6 is 0 Å². The summed E-state index contributed by atoms with van der Waals surface area (Å²) in [6, 6.07) is 5.51. The summed E-state index contributed by atoms with van der Waals surface area (Å²) < 4.78 is 14.1. The number of nitrogens with one attached hydrogen (secondary N) is 1. The van der Waals surface area contributed by atoms with Gasteiger partial charge in [0, 0.05) is 19.6 Å². The molecule has 1 aromatic carbocycles. The average molecular weight is 267 g/mol. The van der Waals surface area contributed by atoms with E-state index in [0.29, 0.717) is 12.2 Å². The fourth-order valence-electron chi connectivity index (χ4n) is 2.15. The molecule has 0 atom stereocenters. The molecule has 0 fully saturated rings. The number of hydrogen-bond donors (Lipinski definition) is 1. The highest BCUT2D eigenvalue weighted by Gasteiger charge is 2.10. The largest absolute Gasteiger partial charge is 0.369 e. The second-order valence-electron chi connectivity index (χ2n) is 5.05. The zero-order valence-electron chi connectivity index (χ0n) is 12.5. The summed E-state index contributed by atoms with van der Waals surface area (Å²) in [5.74, 6) is -0.126. The van der Waals surface area contributed by atoms with Crippen molar-refractivity contribution in [2.45, 2.75) is 19.9 Å². The van der Waals surface area contributed by atoms with Gasteiger partial charge in [-0.2, -0.15) is 0 Å². The molecule has 0 spiro atoms. The maximum Gasteiger partial charge on any atom is 0.146 e. The SMILES string of the molecule is CCN(CCCN(C)C)c1ccc(CNC)cc1F. The van der Waals surface area contributed by atoms with Crippen molar-refractivity contribution in [2.75, 3.05) is 45.7 Å². The quantitative estimate of drug-likeness (QED) is 0.780. The fraction of sp³-hybridized carbons (Fsp3) is 0.600. The fourth-order valence-corrected chi connectivity index (χ4v) is 2.15. The van der Waals surface area contributed by atoms with E-state index >= 15 is 0 Å². The molecule has 0 saturated carbocycles. The van der Waals surface area contributed by atoms with Crippen molar-refractivity contribution in [3.05, 3.63) is 29.6 Å². The monoisotopic (exact) mass is 267 g/mol. The Morgan fingerprint density at radius 2 is 1.95 bits per heavy atom. The standard InChI is InChI=1S/C15H26FN3/c1-5-19(10-6-9-18(3)4)15-8-7-13(12-17-2)11-14(15)16/h7-8,11,17H,5-6,9-10,12H2,1-4H3. The lowest BCUT2D eigenvalue weighted by Crippen LogP contribution is -2.27. The molecular weight excluding hydrogens is 241 g/mol. The van der Waals surface area contributed by atoms with Gasteiger partial charge in [0.05, 0.1) is 5.69 Å². The lowest BCUT2D eigenvalue weighted by molar-refractivity contribution is 0.400. The summed E-state index contributed by atoms with van der Waals surface area (Å²) in [7, 11) is 5.98. The van der Waals surface area contributed by atoms with Gasteiger partial charge < -0.3 is 15.1 Å². The molecule has 0 radical (unpaired) electrons. The summed E-state index contributed by atoms with van der Waals surface area (Å²) in [5.41, 5.74) is 1.69. The van der Waals surface area contributed by atoms with E-state index in [9.17, 15) is 4.39 Å². The van der Waals surface area contributed by atoms with Crippen molar-refractivity contribution in [2.24, 2.45) is 0 Å². The first-order valence-electron chi connectivity index (χ1n) is 6.91. The van der Waals surface area contributed by atoms with Gasteiger partial charge in [0.15, 0.2) is 0 Å². The molecule has 0 saturated heterocycles. The van der Waals surface area contributed by atoms with E-state index in [1.54, 1.807) is 6.07 Å². The maximum atomic E-state index is 14.1. The number of benzene rings is 1. The molecule has 1 aromatic rings. The van der Waals surface area contributed by atoms with Crippen LogP contribution in [-0.4, -0.2) is 45.7 Å². The van der Waals surface area contributed by atoms with Crippen molar-refractivity contribution in [3.8, 4) is 0 Å². The van der Waals surface area contributed by atoms with Gasteiger partial charge in [0.25, 0.3) is 0 Å². The van der Waals surface area contributed by atoms with Gasteiger partial charge in [-0.25, -0.2) is 4.39 Å². The lowest BCUT2D eigenvalue weighted by atomic mass is 10.1. The molecule has 1 rings (SSSR count). The van der Waals surface area contributed by atoms with Crippen molar-refractivity contribution in [1.29, 1.82) is 0 Å². The van der Waals surface area contributed by atoms with Crippen LogP contribution in [-0.2, 0) is 6.54 Å². The summed E-state index contributed by atoms with van der Waals surface area (Å²) in [6.45, 7) is 5.50. The normalized spacial score (nSPS) is 11.1. The van der Waals surface area contributed by atoms with Gasteiger partial charge in [0.1, 0.15) is 5.82 Å². The van der Waals surface area contributed by atoms with Gasteiger partial charge in [-0.1, -0.05) is 6.07 Å². The molecule has 4 heteroatoms. The zero-order valence-corrected chi connectivity index (χ0v) is 12.5. The van der Waals surface area contributed by atoms with Crippen LogP contribution in [0.25, 0.3) is 0 Å². The van der Waals surface area contributed by atoms with E-state index in [1.165, 1.54) is 0 Å². The van der Waals surface area contributed by atoms with Gasteiger partial charge in [0.2, 0.25) is 0 Å². The van der Waals surface area contributed by atoms with Gasteiger partial charge in [-0.05, 0) is 58.7 Å². The molecular formula is C15H26FN3. The van der Waals surface area contributed by atoms with E-state index in [0.717, 1.165) is 31.6 Å². The molecule has 0 amide bonds. The molecule has 1 N–H and O–H groups in total. The first-order chi connectivity index (χ1) is 9.08. The van der Waals surface area contributed by atoms with Crippen LogP contribution in [0.4, 0.5) is 10.1 Å². The Labute approximate surface area is 116 Å². The molecule has 19 heavy (non-hydrogen) atoms. The predicted molar refractivity (Wildman–Crippen MR) is 80.2 cm³/mol. The van der Waals surface area contributed by atoms with Crippen LogP contribution in [0.2, 0.25) is 0 Å². The number of halogens is 1. The first-order valence-corrected chi connectivity index (χ1v) is 6.91. The summed E-state index contributed by atoms with van der Waals surface area (Å²) in [4.78, 5) is 4.25. The second kappa shape index (κ2) is 8.12. The second-order valence-corrected chi connectivity index (χ2v) is 5.05. The molecule has 0 aliphatic carbocycles. The highest BCUT2D eigenvalue weighted by atomic mass is 19.1. The van der Waals surface area contributed by atoms with Crippen molar-refractivity contribution < 1.29 is 4.39 Å². The van der Waals surface area contributed by atoms with Gasteiger partial charge in [-0.15, -0.1) is 0 Å². The van der Waals surface area contributed by atoms with E-state index in [4.69, 9.17) is 0 Å². The third-order valence-corrected chi connectivity index (χ3v) is 3.15. The Hall–Kier alpha value is -1.13. The number of hydrogen-bond acceptors (Lipinski definition) is 3. The molecule has 0 aromatic heterocycles. The summed E-state index contributed by atoms with van der Waals surface area (Å²) in [6.07, 6.45) is 1.04. The summed E-state index contributed by atoms with van der Waals surface area (Å²) >= 11 is 0. The molecule has 0 unspecified atom stereocenters. The Morgan fingerprint density at radius 1 is 1.21 bits per heavy atom. The first kappa shape index (κ1) is 15.9. The Kier molecular flexibility index (Phi) is 6.81. The summed E-state index contributed by atoms with van der Waals surface area (Å²) in [5, 5.41) is 3.03. The van der Waals surface area contributed by atoms with Crippen molar-refractivity contribution >= 4 is 5.69 Å². The molecule has 108 valence electrons. The third-order valence-electron chi connectivity index (χ3n) is 3.15. The molecule has 0 aliphatic heterocycles. The average Bonchev–Trinajstić information content (AvgIpc) is 2.36. The Bertz CT molecular complexity index is 380. The Morgan fingerprint density at radius 3 is 2.47 bits per heavy atom. The minimum Gasteiger partial charge on any atom is -0.369 e. The number of anilines is 1. The van der Waals surface area contributed by atoms with Crippen LogP contribution < -0.4 is 10.2 Å². The smallest absolute Gasteiger partial charge is 0.146 e. The predicted octanol–water partition coefficient (Wildman–Crippen LogP) is 2.32. The van der Waals surface area contributed by atoms with E-state index < -0.39 is 0 Å². The van der Waals surface area contributed by atoms with Gasteiger partial charge in [-0.3, -0.25) is 0 Å². The van der Waals surface area contributed by atoms with E-state index in [-0.39, 0.29) is 5.82 Å². The highest BCUT2D eigenvalue weighted by molar-refractivity contribution is 5.49. The van der Waals surface area contributed by atoms with Crippen LogP contribution in [0.1, 0.15) is 18.9 Å². The van der Waals surface area contributed by atoms with Crippen LogP contribution in [0.5, 0.6) is 0 Å². The Balaban J connectivity index is 2.69. The van der Waals surface area contributed by atoms with Crippen molar-refractivity contribution in [3.63, 3.8) is 0 Å². The van der Waals surface area contributed by atoms with Crippen molar-refractivity contribution in [1.82, 2.24) is 10.2 Å². The van der Waals surface area contributed by atoms with E-state index in [2.05, 4.69) is 36.1 Å². The van der Waals surface area contributed by atoms with Gasteiger partial charge >= 0.3 is 0 Å². The van der Waals surface area contributed by atoms with Crippen LogP contribution in [0.3, 0.4) is 0 Å². The van der Waals surface area contributed by atoms with Crippen LogP contribution in [0.15, 0.2) is 18.2 Å². The zero-order chi connectivity index (χ0) is 14.3. The topological polar surface area (TPSA) is 18.5 Å². The molecule has 0 bridgehead atoms. The minimum atomic E-state index is -0.126. The molecule has 0 heterocycles. The van der Waals surface area contributed by atoms with Crippen LogP contribution in [0, 0.1) is 5.82 Å². The number of rotatable bonds is 8. The van der Waals surface area contributed by atoms with E-state index in [1.807, 2.05) is 19.2 Å².